The summed E-state index contributed by atoms with van der Waals surface area (Å²) in [5, 5.41) is 17.5. The summed E-state index contributed by atoms with van der Waals surface area (Å²) in [6.07, 6.45) is 1.28. The SMILES string of the molecule is CN(C)C(=O)CCCN(CCO)CCO. The Morgan fingerprint density at radius 2 is 1.60 bits per heavy atom. The second kappa shape index (κ2) is 8.64. The van der Waals surface area contributed by atoms with Gasteiger partial charge in [-0.05, 0) is 13.0 Å². The van der Waals surface area contributed by atoms with Crippen molar-refractivity contribution < 1.29 is 15.0 Å². The molecule has 0 saturated carbocycles. The molecule has 0 rings (SSSR count). The predicted octanol–water partition coefficient (Wildman–Crippen LogP) is -0.859. The lowest BCUT2D eigenvalue weighted by Crippen LogP contribution is -2.31. The first-order chi connectivity index (χ1) is 7.11. The van der Waals surface area contributed by atoms with Crippen molar-refractivity contribution in [3.63, 3.8) is 0 Å². The lowest BCUT2D eigenvalue weighted by molar-refractivity contribution is -0.128. The molecule has 2 N–H and O–H groups in total. The fourth-order valence-electron chi connectivity index (χ4n) is 1.30. The van der Waals surface area contributed by atoms with Crippen LogP contribution in [0.3, 0.4) is 0 Å². The Balaban J connectivity index is 3.65. The Morgan fingerprint density at radius 3 is 2.00 bits per heavy atom. The van der Waals surface area contributed by atoms with Crippen LogP contribution in [-0.4, -0.2) is 72.9 Å². The molecule has 0 atom stereocenters. The number of rotatable bonds is 8. The van der Waals surface area contributed by atoms with E-state index in [0.717, 1.165) is 13.0 Å². The van der Waals surface area contributed by atoms with E-state index in [1.54, 1.807) is 19.0 Å². The molecule has 1 amide bonds. The summed E-state index contributed by atoms with van der Waals surface area (Å²) in [4.78, 5) is 14.8. The normalized spacial score (nSPS) is 10.7. The molecule has 5 nitrogen and oxygen atoms in total. The molecule has 0 radical (unpaired) electrons. The highest BCUT2D eigenvalue weighted by molar-refractivity contribution is 5.75. The third kappa shape index (κ3) is 7.30. The lowest BCUT2D eigenvalue weighted by atomic mass is 10.2. The second-order valence-corrected chi connectivity index (χ2v) is 3.68. The molecular formula is C10H22N2O3. The maximum atomic E-state index is 11.2. The van der Waals surface area contributed by atoms with E-state index < -0.39 is 0 Å². The van der Waals surface area contributed by atoms with Crippen LogP contribution in [0.15, 0.2) is 0 Å². The van der Waals surface area contributed by atoms with E-state index in [0.29, 0.717) is 19.5 Å². The van der Waals surface area contributed by atoms with Crippen molar-refractivity contribution >= 4 is 5.91 Å². The quantitative estimate of drug-likeness (QED) is 0.556. The second-order valence-electron chi connectivity index (χ2n) is 3.68. The fraction of sp³-hybridized carbons (Fsp3) is 0.900. The summed E-state index contributed by atoms with van der Waals surface area (Å²) in [7, 11) is 3.48. The molecule has 0 bridgehead atoms. The first-order valence-corrected chi connectivity index (χ1v) is 5.26. The van der Waals surface area contributed by atoms with Crippen LogP contribution in [0.4, 0.5) is 0 Å². The van der Waals surface area contributed by atoms with Gasteiger partial charge in [-0.25, -0.2) is 0 Å². The van der Waals surface area contributed by atoms with Crippen molar-refractivity contribution in [1.82, 2.24) is 9.80 Å². The number of aliphatic hydroxyl groups is 2. The van der Waals surface area contributed by atoms with Gasteiger partial charge >= 0.3 is 0 Å². The third-order valence-electron chi connectivity index (χ3n) is 2.20. The molecule has 0 heterocycles. The maximum absolute atomic E-state index is 11.2. The van der Waals surface area contributed by atoms with Gasteiger partial charge in [0.25, 0.3) is 0 Å². The molecule has 0 spiro atoms. The van der Waals surface area contributed by atoms with Crippen LogP contribution in [0, 0.1) is 0 Å². The Labute approximate surface area is 91.3 Å². The largest absolute Gasteiger partial charge is 0.395 e. The molecule has 0 fully saturated rings. The maximum Gasteiger partial charge on any atom is 0.222 e. The molecule has 0 aromatic rings. The van der Waals surface area contributed by atoms with Crippen LogP contribution in [-0.2, 0) is 4.79 Å². The lowest BCUT2D eigenvalue weighted by Gasteiger charge is -2.20. The van der Waals surface area contributed by atoms with Gasteiger partial charge in [0.1, 0.15) is 0 Å². The van der Waals surface area contributed by atoms with Crippen molar-refractivity contribution in [3.05, 3.63) is 0 Å². The summed E-state index contributed by atoms with van der Waals surface area (Å²) < 4.78 is 0. The molecule has 0 aromatic heterocycles. The number of hydrogen-bond donors (Lipinski definition) is 2. The molecule has 5 heteroatoms. The van der Waals surface area contributed by atoms with Gasteiger partial charge in [0.15, 0.2) is 0 Å². The molecule has 15 heavy (non-hydrogen) atoms. The number of nitrogens with zero attached hydrogens (tertiary/aromatic N) is 2. The Hall–Kier alpha value is -0.650. The molecule has 0 aliphatic carbocycles. The molecule has 0 saturated heterocycles. The number of carbonyl (C=O) groups is 1. The smallest absolute Gasteiger partial charge is 0.222 e. The van der Waals surface area contributed by atoms with Crippen molar-refractivity contribution in [1.29, 1.82) is 0 Å². The molecule has 0 unspecified atom stereocenters. The van der Waals surface area contributed by atoms with E-state index in [-0.39, 0.29) is 19.1 Å². The minimum atomic E-state index is 0.0849. The van der Waals surface area contributed by atoms with E-state index in [9.17, 15) is 4.79 Å². The predicted molar refractivity (Wildman–Crippen MR) is 58.5 cm³/mol. The Kier molecular flexibility index (Phi) is 8.27. The number of hydrogen-bond acceptors (Lipinski definition) is 4. The van der Waals surface area contributed by atoms with Crippen LogP contribution in [0.5, 0.6) is 0 Å². The minimum absolute atomic E-state index is 0.0849. The van der Waals surface area contributed by atoms with Gasteiger partial charge in [0.2, 0.25) is 5.91 Å². The summed E-state index contributed by atoms with van der Waals surface area (Å²) in [6, 6.07) is 0. The van der Waals surface area contributed by atoms with Gasteiger partial charge in [-0.2, -0.15) is 0 Å². The Bertz CT molecular complexity index is 168. The molecule has 0 aromatic carbocycles. The summed E-state index contributed by atoms with van der Waals surface area (Å²) >= 11 is 0. The summed E-state index contributed by atoms with van der Waals surface area (Å²) in [6.45, 7) is 2.01. The number of carbonyl (C=O) groups excluding carboxylic acids is 1. The van der Waals surface area contributed by atoms with Crippen LogP contribution in [0.25, 0.3) is 0 Å². The van der Waals surface area contributed by atoms with E-state index in [4.69, 9.17) is 10.2 Å². The van der Waals surface area contributed by atoms with Crippen molar-refractivity contribution in [2.75, 3.05) is 46.9 Å². The average Bonchev–Trinajstić information content (AvgIpc) is 2.18. The highest BCUT2D eigenvalue weighted by Crippen LogP contribution is 1.97. The number of amides is 1. The molecule has 0 aliphatic rings. The van der Waals surface area contributed by atoms with Crippen molar-refractivity contribution in [2.24, 2.45) is 0 Å². The zero-order valence-electron chi connectivity index (χ0n) is 9.65. The highest BCUT2D eigenvalue weighted by atomic mass is 16.3. The van der Waals surface area contributed by atoms with Gasteiger partial charge < -0.3 is 15.1 Å². The van der Waals surface area contributed by atoms with E-state index in [1.165, 1.54) is 0 Å². The number of aliphatic hydroxyl groups excluding tert-OH is 2. The van der Waals surface area contributed by atoms with Gasteiger partial charge in [0, 0.05) is 33.6 Å². The van der Waals surface area contributed by atoms with Crippen LogP contribution < -0.4 is 0 Å². The van der Waals surface area contributed by atoms with E-state index in [1.807, 2.05) is 4.90 Å². The zero-order valence-corrected chi connectivity index (χ0v) is 9.65. The topological polar surface area (TPSA) is 64.0 Å². The first-order valence-electron chi connectivity index (χ1n) is 5.26. The minimum Gasteiger partial charge on any atom is -0.395 e. The zero-order chi connectivity index (χ0) is 11.7. The Morgan fingerprint density at radius 1 is 1.07 bits per heavy atom. The summed E-state index contributed by atoms with van der Waals surface area (Å²) in [5.74, 6) is 0.114. The van der Waals surface area contributed by atoms with Crippen LogP contribution >= 0.6 is 0 Å². The monoisotopic (exact) mass is 218 g/mol. The van der Waals surface area contributed by atoms with Gasteiger partial charge in [-0.1, -0.05) is 0 Å². The van der Waals surface area contributed by atoms with Crippen LogP contribution in [0.2, 0.25) is 0 Å². The first kappa shape index (κ1) is 14.3. The molecule has 0 aliphatic heterocycles. The third-order valence-corrected chi connectivity index (χ3v) is 2.20. The van der Waals surface area contributed by atoms with Gasteiger partial charge in [-0.15, -0.1) is 0 Å². The molecule has 90 valence electrons. The van der Waals surface area contributed by atoms with Gasteiger partial charge in [0.05, 0.1) is 13.2 Å². The van der Waals surface area contributed by atoms with Crippen LogP contribution in [0.1, 0.15) is 12.8 Å². The average molecular weight is 218 g/mol. The van der Waals surface area contributed by atoms with Crippen molar-refractivity contribution in [2.45, 2.75) is 12.8 Å². The van der Waals surface area contributed by atoms with Crippen molar-refractivity contribution in [3.8, 4) is 0 Å². The summed E-state index contributed by atoms with van der Waals surface area (Å²) in [5.41, 5.74) is 0. The van der Waals surface area contributed by atoms with E-state index in [2.05, 4.69) is 0 Å². The molecular weight excluding hydrogens is 196 g/mol. The van der Waals surface area contributed by atoms with E-state index >= 15 is 0 Å². The highest BCUT2D eigenvalue weighted by Gasteiger charge is 2.06. The standard InChI is InChI=1S/C10H22N2O3/c1-11(2)10(15)4-3-5-12(6-8-13)7-9-14/h13-14H,3-9H2,1-2H3. The van der Waals surface area contributed by atoms with Gasteiger partial charge in [-0.3, -0.25) is 9.69 Å². The fourth-order valence-corrected chi connectivity index (χ4v) is 1.30.